The van der Waals surface area contributed by atoms with Crippen molar-refractivity contribution in [3.63, 3.8) is 0 Å². The average Bonchev–Trinajstić information content (AvgIpc) is 2.42. The van der Waals surface area contributed by atoms with Gasteiger partial charge in [-0.2, -0.15) is 0 Å². The van der Waals surface area contributed by atoms with Crippen molar-refractivity contribution >= 4 is 27.3 Å². The summed E-state index contributed by atoms with van der Waals surface area (Å²) >= 11 is 3.62. The van der Waals surface area contributed by atoms with Crippen LogP contribution in [-0.4, -0.2) is 6.04 Å². The number of rotatable bonds is 4. The second-order valence-corrected chi connectivity index (χ2v) is 6.60. The van der Waals surface area contributed by atoms with Gasteiger partial charge in [-0.25, -0.2) is 0 Å². The molecule has 1 aromatic rings. The van der Waals surface area contributed by atoms with E-state index in [9.17, 15) is 0 Å². The van der Waals surface area contributed by atoms with Crippen molar-refractivity contribution in [1.82, 2.24) is 0 Å². The molecule has 1 unspecified atom stereocenters. The predicted molar refractivity (Wildman–Crippen MR) is 87.6 cm³/mol. The van der Waals surface area contributed by atoms with E-state index in [2.05, 4.69) is 41.2 Å². The standard InChI is InChI=1S/C16H25BrN2/c1-3-15(12-7-5-4-6-8-12)19-16-9-11(2)14(18)10-13(16)17/h9-10,12,15,19H,3-8,18H2,1-2H3. The van der Waals surface area contributed by atoms with Crippen LogP contribution in [0.5, 0.6) is 0 Å². The Morgan fingerprint density at radius 3 is 2.63 bits per heavy atom. The van der Waals surface area contributed by atoms with E-state index in [4.69, 9.17) is 5.73 Å². The van der Waals surface area contributed by atoms with Gasteiger partial charge in [0.25, 0.3) is 0 Å². The van der Waals surface area contributed by atoms with E-state index in [0.717, 1.165) is 21.6 Å². The first-order chi connectivity index (χ1) is 9.11. The van der Waals surface area contributed by atoms with Crippen LogP contribution in [0.2, 0.25) is 0 Å². The second kappa shape index (κ2) is 6.65. The molecule has 3 heteroatoms. The van der Waals surface area contributed by atoms with Gasteiger partial charge < -0.3 is 11.1 Å². The van der Waals surface area contributed by atoms with Crippen LogP contribution < -0.4 is 11.1 Å². The van der Waals surface area contributed by atoms with E-state index >= 15 is 0 Å². The first-order valence-corrected chi connectivity index (χ1v) is 8.23. The molecule has 0 spiro atoms. The van der Waals surface area contributed by atoms with Crippen molar-refractivity contribution in [3.8, 4) is 0 Å². The Hall–Kier alpha value is -0.700. The van der Waals surface area contributed by atoms with Crippen LogP contribution in [0.4, 0.5) is 11.4 Å². The Balaban J connectivity index is 2.11. The van der Waals surface area contributed by atoms with Crippen molar-refractivity contribution < 1.29 is 0 Å². The fourth-order valence-corrected chi connectivity index (χ4v) is 3.57. The van der Waals surface area contributed by atoms with Crippen LogP contribution in [0.25, 0.3) is 0 Å². The quantitative estimate of drug-likeness (QED) is 0.755. The summed E-state index contributed by atoms with van der Waals surface area (Å²) in [5, 5.41) is 3.73. The summed E-state index contributed by atoms with van der Waals surface area (Å²) in [5.74, 6) is 0.823. The highest BCUT2D eigenvalue weighted by Gasteiger charge is 2.22. The predicted octanol–water partition coefficient (Wildman–Crippen LogP) is 5.11. The molecule has 0 aromatic heterocycles. The maximum Gasteiger partial charge on any atom is 0.0491 e. The van der Waals surface area contributed by atoms with Gasteiger partial charge in [0, 0.05) is 21.9 Å². The fourth-order valence-electron chi connectivity index (χ4n) is 3.10. The highest BCUT2D eigenvalue weighted by molar-refractivity contribution is 9.10. The van der Waals surface area contributed by atoms with E-state index in [-0.39, 0.29) is 0 Å². The highest BCUT2D eigenvalue weighted by Crippen LogP contribution is 2.33. The first-order valence-electron chi connectivity index (χ1n) is 7.44. The molecule has 2 nitrogen and oxygen atoms in total. The monoisotopic (exact) mass is 324 g/mol. The minimum Gasteiger partial charge on any atom is -0.398 e. The lowest BCUT2D eigenvalue weighted by atomic mass is 9.83. The average molecular weight is 325 g/mol. The number of anilines is 2. The molecule has 19 heavy (non-hydrogen) atoms. The lowest BCUT2D eigenvalue weighted by Crippen LogP contribution is -2.30. The number of hydrogen-bond acceptors (Lipinski definition) is 2. The number of nitrogens with one attached hydrogen (secondary N) is 1. The summed E-state index contributed by atoms with van der Waals surface area (Å²) in [5.41, 5.74) is 9.12. The topological polar surface area (TPSA) is 38.0 Å². The molecule has 0 bridgehead atoms. The summed E-state index contributed by atoms with van der Waals surface area (Å²) in [7, 11) is 0. The van der Waals surface area contributed by atoms with Crippen molar-refractivity contribution in [2.75, 3.05) is 11.1 Å². The number of hydrogen-bond donors (Lipinski definition) is 2. The molecule has 1 atom stereocenters. The molecule has 0 radical (unpaired) electrons. The Kier molecular flexibility index (Phi) is 5.14. The van der Waals surface area contributed by atoms with Gasteiger partial charge in [0.15, 0.2) is 0 Å². The van der Waals surface area contributed by atoms with Crippen LogP contribution in [0.3, 0.4) is 0 Å². The molecule has 0 aliphatic heterocycles. The Morgan fingerprint density at radius 1 is 1.32 bits per heavy atom. The maximum atomic E-state index is 5.94. The summed E-state index contributed by atoms with van der Waals surface area (Å²) in [6.45, 7) is 4.35. The van der Waals surface area contributed by atoms with E-state index < -0.39 is 0 Å². The first kappa shape index (κ1) is 14.7. The Labute approximate surface area is 125 Å². The molecule has 3 N–H and O–H groups in total. The van der Waals surface area contributed by atoms with Crippen LogP contribution in [0, 0.1) is 12.8 Å². The van der Waals surface area contributed by atoms with Crippen molar-refractivity contribution in [2.24, 2.45) is 5.92 Å². The van der Waals surface area contributed by atoms with Gasteiger partial charge in [0.2, 0.25) is 0 Å². The summed E-state index contributed by atoms with van der Waals surface area (Å²) in [6.07, 6.45) is 8.13. The van der Waals surface area contributed by atoms with Crippen molar-refractivity contribution in [1.29, 1.82) is 0 Å². The normalized spacial score (nSPS) is 18.3. The van der Waals surface area contributed by atoms with Crippen molar-refractivity contribution in [3.05, 3.63) is 22.2 Å². The number of benzene rings is 1. The minimum atomic E-state index is 0.583. The van der Waals surface area contributed by atoms with E-state index in [1.165, 1.54) is 44.2 Å². The lowest BCUT2D eigenvalue weighted by molar-refractivity contribution is 0.313. The Bertz CT molecular complexity index is 425. The third kappa shape index (κ3) is 3.65. The molecule has 1 aliphatic rings. The van der Waals surface area contributed by atoms with Gasteiger partial charge in [-0.05, 0) is 65.7 Å². The number of aryl methyl sites for hydroxylation is 1. The van der Waals surface area contributed by atoms with Gasteiger partial charge in [-0.15, -0.1) is 0 Å². The van der Waals surface area contributed by atoms with Crippen molar-refractivity contribution in [2.45, 2.75) is 58.4 Å². The zero-order valence-corrected chi connectivity index (χ0v) is 13.6. The third-order valence-electron chi connectivity index (χ3n) is 4.36. The summed E-state index contributed by atoms with van der Waals surface area (Å²) in [4.78, 5) is 0. The van der Waals surface area contributed by atoms with Gasteiger partial charge in [-0.1, -0.05) is 26.2 Å². The lowest BCUT2D eigenvalue weighted by Gasteiger charge is -2.31. The molecule has 1 fully saturated rings. The molecule has 1 saturated carbocycles. The number of nitrogens with two attached hydrogens (primary N) is 1. The molecule has 106 valence electrons. The molecular formula is C16H25BrN2. The summed E-state index contributed by atoms with van der Waals surface area (Å²) < 4.78 is 1.07. The SMILES string of the molecule is CCC(Nc1cc(C)c(N)cc1Br)C1CCCCC1. The molecule has 0 saturated heterocycles. The zero-order chi connectivity index (χ0) is 13.8. The van der Waals surface area contributed by atoms with Crippen LogP contribution >= 0.6 is 15.9 Å². The molecule has 0 amide bonds. The van der Waals surface area contributed by atoms with E-state index in [0.29, 0.717) is 6.04 Å². The van der Waals surface area contributed by atoms with E-state index in [1.54, 1.807) is 0 Å². The van der Waals surface area contributed by atoms with Gasteiger partial charge >= 0.3 is 0 Å². The minimum absolute atomic E-state index is 0.583. The molecular weight excluding hydrogens is 300 g/mol. The van der Waals surface area contributed by atoms with Gasteiger partial charge in [0.05, 0.1) is 0 Å². The van der Waals surface area contributed by atoms with Crippen LogP contribution in [0.15, 0.2) is 16.6 Å². The smallest absolute Gasteiger partial charge is 0.0491 e. The molecule has 1 aromatic carbocycles. The third-order valence-corrected chi connectivity index (χ3v) is 5.01. The highest BCUT2D eigenvalue weighted by atomic mass is 79.9. The Morgan fingerprint density at radius 2 is 2.00 bits per heavy atom. The maximum absolute atomic E-state index is 5.94. The van der Waals surface area contributed by atoms with Gasteiger partial charge in [-0.3, -0.25) is 0 Å². The largest absolute Gasteiger partial charge is 0.398 e. The number of nitrogen functional groups attached to an aromatic ring is 1. The van der Waals surface area contributed by atoms with Crippen LogP contribution in [-0.2, 0) is 0 Å². The molecule has 1 aliphatic carbocycles. The summed E-state index contributed by atoms with van der Waals surface area (Å²) in [6, 6.07) is 4.75. The van der Waals surface area contributed by atoms with E-state index in [1.807, 2.05) is 6.07 Å². The fraction of sp³-hybridized carbons (Fsp3) is 0.625. The van der Waals surface area contributed by atoms with Gasteiger partial charge in [0.1, 0.15) is 0 Å². The second-order valence-electron chi connectivity index (χ2n) is 5.75. The number of halogens is 1. The molecule has 2 rings (SSSR count). The zero-order valence-electron chi connectivity index (χ0n) is 12.0. The molecule has 0 heterocycles. The van der Waals surface area contributed by atoms with Crippen LogP contribution in [0.1, 0.15) is 51.0 Å².